The Labute approximate surface area is 136 Å². The summed E-state index contributed by atoms with van der Waals surface area (Å²) in [5.74, 6) is 1.78. The molecule has 0 aliphatic heterocycles. The normalized spacial score (nSPS) is 24.4. The van der Waals surface area contributed by atoms with Gasteiger partial charge in [0.2, 0.25) is 0 Å². The fourth-order valence-electron chi connectivity index (χ4n) is 3.75. The maximum atomic E-state index is 5.46. The molecule has 0 fully saturated rings. The van der Waals surface area contributed by atoms with Gasteiger partial charge in [0, 0.05) is 0 Å². The van der Waals surface area contributed by atoms with E-state index in [-0.39, 0.29) is 17.8 Å². The molecule has 3 heteroatoms. The first-order valence-electron chi connectivity index (χ1n) is 7.83. The molecular formula is C18H30ClNO. The van der Waals surface area contributed by atoms with Crippen LogP contribution in [-0.4, -0.2) is 32.6 Å². The van der Waals surface area contributed by atoms with Gasteiger partial charge in [-0.05, 0) is 74.5 Å². The van der Waals surface area contributed by atoms with Gasteiger partial charge >= 0.3 is 0 Å². The zero-order chi connectivity index (χ0) is 14.8. The van der Waals surface area contributed by atoms with Crippen molar-refractivity contribution in [1.29, 1.82) is 0 Å². The molecule has 2 atom stereocenters. The second kappa shape index (κ2) is 7.51. The molecule has 0 saturated heterocycles. The molecule has 0 spiro atoms. The molecule has 0 aromatic heterocycles. The van der Waals surface area contributed by atoms with Crippen molar-refractivity contribution in [3.63, 3.8) is 0 Å². The Bertz CT molecular complexity index is 461. The molecule has 1 aromatic rings. The van der Waals surface area contributed by atoms with Gasteiger partial charge in [0.1, 0.15) is 5.75 Å². The summed E-state index contributed by atoms with van der Waals surface area (Å²) in [5, 5.41) is 0. The van der Waals surface area contributed by atoms with Crippen molar-refractivity contribution in [3.8, 4) is 5.75 Å². The van der Waals surface area contributed by atoms with E-state index in [1.807, 2.05) is 0 Å². The highest BCUT2D eigenvalue weighted by molar-refractivity contribution is 5.85. The number of rotatable bonds is 5. The molecule has 1 aromatic carbocycles. The van der Waals surface area contributed by atoms with E-state index in [2.05, 4.69) is 51.0 Å². The van der Waals surface area contributed by atoms with Crippen LogP contribution in [0.15, 0.2) is 18.2 Å². The molecule has 2 unspecified atom stereocenters. The van der Waals surface area contributed by atoms with E-state index in [0.29, 0.717) is 0 Å². The lowest BCUT2D eigenvalue weighted by atomic mass is 9.62. The van der Waals surface area contributed by atoms with Crippen LogP contribution < -0.4 is 4.74 Å². The molecule has 0 N–H and O–H groups in total. The SMILES string of the molecule is CCC1CCc2ccc(OC)cc2C1(C)CCN(C)C.Cl. The number of hydrogen-bond donors (Lipinski definition) is 0. The lowest BCUT2D eigenvalue weighted by Crippen LogP contribution is -2.39. The largest absolute Gasteiger partial charge is 0.497 e. The van der Waals surface area contributed by atoms with Gasteiger partial charge in [-0.25, -0.2) is 0 Å². The van der Waals surface area contributed by atoms with Crippen LogP contribution in [-0.2, 0) is 11.8 Å². The van der Waals surface area contributed by atoms with Gasteiger partial charge < -0.3 is 9.64 Å². The maximum absolute atomic E-state index is 5.46. The fraction of sp³-hybridized carbons (Fsp3) is 0.667. The summed E-state index contributed by atoms with van der Waals surface area (Å²) in [7, 11) is 6.10. The van der Waals surface area contributed by atoms with Gasteiger partial charge in [0.05, 0.1) is 7.11 Å². The molecule has 1 aliphatic carbocycles. The highest BCUT2D eigenvalue weighted by atomic mass is 35.5. The summed E-state index contributed by atoms with van der Waals surface area (Å²) >= 11 is 0. The molecule has 2 nitrogen and oxygen atoms in total. The monoisotopic (exact) mass is 311 g/mol. The Kier molecular flexibility index (Phi) is 6.55. The van der Waals surface area contributed by atoms with E-state index in [4.69, 9.17) is 4.74 Å². The molecule has 0 heterocycles. The summed E-state index contributed by atoms with van der Waals surface area (Å²) in [5.41, 5.74) is 3.33. The first-order valence-corrected chi connectivity index (χ1v) is 7.83. The minimum atomic E-state index is 0. The fourth-order valence-corrected chi connectivity index (χ4v) is 3.75. The Hall–Kier alpha value is -0.730. The van der Waals surface area contributed by atoms with Crippen LogP contribution in [0.1, 0.15) is 44.2 Å². The number of benzene rings is 1. The van der Waals surface area contributed by atoms with Crippen LogP contribution in [0.3, 0.4) is 0 Å². The van der Waals surface area contributed by atoms with Crippen molar-refractivity contribution in [2.45, 2.75) is 44.9 Å². The van der Waals surface area contributed by atoms with Crippen LogP contribution >= 0.6 is 12.4 Å². The number of aryl methyl sites for hydroxylation is 1. The van der Waals surface area contributed by atoms with Crippen molar-refractivity contribution >= 4 is 12.4 Å². The first kappa shape index (κ1) is 18.3. The van der Waals surface area contributed by atoms with Crippen LogP contribution in [0.25, 0.3) is 0 Å². The minimum absolute atomic E-state index is 0. The summed E-state index contributed by atoms with van der Waals surface area (Å²) < 4.78 is 5.46. The third kappa shape index (κ3) is 3.73. The second-order valence-corrected chi connectivity index (χ2v) is 6.64. The highest BCUT2D eigenvalue weighted by Crippen LogP contribution is 2.46. The predicted octanol–water partition coefficient (Wildman–Crippen LogP) is 4.30. The standard InChI is InChI=1S/C18H29NO.ClH/c1-6-15-9-7-14-8-10-16(20-5)13-17(14)18(15,2)11-12-19(3)4;/h8,10,13,15H,6-7,9,11-12H2,1-5H3;1H. The Morgan fingerprint density at radius 1 is 1.33 bits per heavy atom. The van der Waals surface area contributed by atoms with Crippen molar-refractivity contribution in [3.05, 3.63) is 29.3 Å². The third-order valence-electron chi connectivity index (χ3n) is 5.17. The van der Waals surface area contributed by atoms with Gasteiger partial charge in [-0.15, -0.1) is 12.4 Å². The molecule has 120 valence electrons. The van der Waals surface area contributed by atoms with E-state index in [1.165, 1.54) is 36.8 Å². The number of ether oxygens (including phenoxy) is 1. The summed E-state index contributed by atoms with van der Waals surface area (Å²) in [6.45, 7) is 5.94. The molecule has 0 bridgehead atoms. The highest BCUT2D eigenvalue weighted by Gasteiger charge is 2.39. The number of hydrogen-bond acceptors (Lipinski definition) is 2. The predicted molar refractivity (Wildman–Crippen MR) is 92.9 cm³/mol. The molecular weight excluding hydrogens is 282 g/mol. The van der Waals surface area contributed by atoms with Crippen LogP contribution in [0, 0.1) is 5.92 Å². The van der Waals surface area contributed by atoms with Crippen LogP contribution in [0.2, 0.25) is 0 Å². The van der Waals surface area contributed by atoms with E-state index in [1.54, 1.807) is 7.11 Å². The zero-order valence-corrected chi connectivity index (χ0v) is 14.9. The van der Waals surface area contributed by atoms with E-state index in [0.717, 1.165) is 18.2 Å². The second-order valence-electron chi connectivity index (χ2n) is 6.64. The average molecular weight is 312 g/mol. The first-order chi connectivity index (χ1) is 9.51. The number of halogens is 1. The molecule has 2 rings (SSSR count). The molecule has 0 saturated carbocycles. The maximum Gasteiger partial charge on any atom is 0.119 e. The summed E-state index contributed by atoms with van der Waals surface area (Å²) in [6, 6.07) is 6.66. The van der Waals surface area contributed by atoms with Gasteiger partial charge in [0.15, 0.2) is 0 Å². The summed E-state index contributed by atoms with van der Waals surface area (Å²) in [6.07, 6.45) is 5.02. The molecule has 21 heavy (non-hydrogen) atoms. The molecule has 0 amide bonds. The quantitative estimate of drug-likeness (QED) is 0.804. The third-order valence-corrected chi connectivity index (χ3v) is 5.17. The molecule has 0 radical (unpaired) electrons. The van der Waals surface area contributed by atoms with E-state index < -0.39 is 0 Å². The Balaban J connectivity index is 0.00000220. The minimum Gasteiger partial charge on any atom is -0.497 e. The Morgan fingerprint density at radius 3 is 2.62 bits per heavy atom. The van der Waals surface area contributed by atoms with Crippen LogP contribution in [0.4, 0.5) is 0 Å². The van der Waals surface area contributed by atoms with Crippen molar-refractivity contribution < 1.29 is 4.74 Å². The van der Waals surface area contributed by atoms with Gasteiger partial charge in [-0.1, -0.05) is 26.3 Å². The zero-order valence-electron chi connectivity index (χ0n) is 14.1. The van der Waals surface area contributed by atoms with Gasteiger partial charge in [0.25, 0.3) is 0 Å². The van der Waals surface area contributed by atoms with Gasteiger partial charge in [-0.2, -0.15) is 0 Å². The number of nitrogens with zero attached hydrogens (tertiary/aromatic N) is 1. The van der Waals surface area contributed by atoms with Crippen molar-refractivity contribution in [2.75, 3.05) is 27.7 Å². The van der Waals surface area contributed by atoms with Gasteiger partial charge in [-0.3, -0.25) is 0 Å². The average Bonchev–Trinajstić information content (AvgIpc) is 2.45. The Morgan fingerprint density at radius 2 is 2.05 bits per heavy atom. The smallest absolute Gasteiger partial charge is 0.119 e. The van der Waals surface area contributed by atoms with E-state index in [9.17, 15) is 0 Å². The van der Waals surface area contributed by atoms with Crippen molar-refractivity contribution in [2.24, 2.45) is 5.92 Å². The molecule has 1 aliphatic rings. The lowest BCUT2D eigenvalue weighted by Gasteiger charge is -2.44. The number of fused-ring (bicyclic) bond motifs is 1. The topological polar surface area (TPSA) is 12.5 Å². The lowest BCUT2D eigenvalue weighted by molar-refractivity contribution is 0.208. The van der Waals surface area contributed by atoms with E-state index >= 15 is 0 Å². The van der Waals surface area contributed by atoms with Crippen LogP contribution in [0.5, 0.6) is 5.75 Å². The number of methoxy groups -OCH3 is 1. The summed E-state index contributed by atoms with van der Waals surface area (Å²) in [4.78, 5) is 2.30. The van der Waals surface area contributed by atoms with Crippen molar-refractivity contribution in [1.82, 2.24) is 4.90 Å².